The SMILES string of the molecule is O=C(O)C1CSCC=N1. The standard InChI is InChI=1S/C5H7NO2S/c7-5(8)4-3-9-2-1-6-4/h1,4H,2-3H2,(H,7,8). The van der Waals surface area contributed by atoms with E-state index in [1.165, 1.54) is 0 Å². The fourth-order valence-electron chi connectivity index (χ4n) is 0.581. The molecule has 0 aliphatic carbocycles. The van der Waals surface area contributed by atoms with Crippen molar-refractivity contribution in [1.29, 1.82) is 0 Å². The molecule has 0 aromatic carbocycles. The van der Waals surface area contributed by atoms with Gasteiger partial charge >= 0.3 is 5.97 Å². The van der Waals surface area contributed by atoms with E-state index in [0.717, 1.165) is 5.75 Å². The van der Waals surface area contributed by atoms with Gasteiger partial charge in [-0.2, -0.15) is 11.8 Å². The third kappa shape index (κ3) is 1.71. The minimum atomic E-state index is -0.821. The number of rotatable bonds is 1. The summed E-state index contributed by atoms with van der Waals surface area (Å²) in [6, 6.07) is -0.497. The Kier molecular flexibility index (Phi) is 2.10. The van der Waals surface area contributed by atoms with Crippen LogP contribution in [0.15, 0.2) is 4.99 Å². The average Bonchev–Trinajstić information content (AvgIpc) is 1.90. The van der Waals surface area contributed by atoms with Crippen LogP contribution in [0.2, 0.25) is 0 Å². The maximum Gasteiger partial charge on any atom is 0.329 e. The number of thioether (sulfide) groups is 1. The molecule has 1 aliphatic heterocycles. The third-order valence-corrected chi connectivity index (χ3v) is 1.97. The summed E-state index contributed by atoms with van der Waals surface area (Å²) in [5, 5.41) is 8.41. The predicted octanol–water partition coefficient (Wildman–Crippen LogP) is 0.257. The molecule has 1 aliphatic rings. The maximum absolute atomic E-state index is 10.2. The molecule has 0 spiro atoms. The van der Waals surface area contributed by atoms with Crippen LogP contribution in [-0.2, 0) is 4.79 Å². The molecule has 1 N–H and O–H groups in total. The molecular weight excluding hydrogens is 138 g/mol. The van der Waals surface area contributed by atoms with Crippen LogP contribution in [0.5, 0.6) is 0 Å². The Morgan fingerprint density at radius 3 is 3.00 bits per heavy atom. The largest absolute Gasteiger partial charge is 0.480 e. The van der Waals surface area contributed by atoms with Gasteiger partial charge in [0.1, 0.15) is 0 Å². The summed E-state index contributed by atoms with van der Waals surface area (Å²) in [4.78, 5) is 14.0. The number of nitrogens with zero attached hydrogens (tertiary/aromatic N) is 1. The van der Waals surface area contributed by atoms with E-state index in [2.05, 4.69) is 4.99 Å². The summed E-state index contributed by atoms with van der Waals surface area (Å²) in [5.74, 6) is 0.647. The summed E-state index contributed by atoms with van der Waals surface area (Å²) in [6.45, 7) is 0. The van der Waals surface area contributed by atoms with E-state index in [1.54, 1.807) is 18.0 Å². The Balaban J connectivity index is 2.50. The number of aliphatic carboxylic acids is 1. The van der Waals surface area contributed by atoms with E-state index in [1.807, 2.05) is 0 Å². The molecule has 1 rings (SSSR count). The lowest BCUT2D eigenvalue weighted by atomic mass is 10.4. The van der Waals surface area contributed by atoms with Gasteiger partial charge in [-0.3, -0.25) is 4.99 Å². The first-order chi connectivity index (χ1) is 4.30. The molecule has 0 fully saturated rings. The van der Waals surface area contributed by atoms with Crippen molar-refractivity contribution in [3.63, 3.8) is 0 Å². The van der Waals surface area contributed by atoms with E-state index in [0.29, 0.717) is 5.75 Å². The van der Waals surface area contributed by atoms with Crippen molar-refractivity contribution in [2.75, 3.05) is 11.5 Å². The third-order valence-electron chi connectivity index (χ3n) is 1.04. The van der Waals surface area contributed by atoms with Crippen LogP contribution in [0.25, 0.3) is 0 Å². The van der Waals surface area contributed by atoms with Crippen LogP contribution in [0.1, 0.15) is 0 Å². The molecule has 50 valence electrons. The molecule has 0 radical (unpaired) electrons. The van der Waals surface area contributed by atoms with Crippen molar-refractivity contribution >= 4 is 23.9 Å². The van der Waals surface area contributed by atoms with Crippen molar-refractivity contribution in [3.05, 3.63) is 0 Å². The number of carbonyl (C=O) groups is 1. The fraction of sp³-hybridized carbons (Fsp3) is 0.600. The van der Waals surface area contributed by atoms with Crippen LogP contribution in [0.4, 0.5) is 0 Å². The topological polar surface area (TPSA) is 49.7 Å². The van der Waals surface area contributed by atoms with Crippen molar-refractivity contribution in [2.45, 2.75) is 6.04 Å². The van der Waals surface area contributed by atoms with Crippen molar-refractivity contribution in [2.24, 2.45) is 4.99 Å². The van der Waals surface area contributed by atoms with Crippen LogP contribution in [-0.4, -0.2) is 34.8 Å². The van der Waals surface area contributed by atoms with Gasteiger partial charge in [-0.1, -0.05) is 0 Å². The lowest BCUT2D eigenvalue weighted by molar-refractivity contribution is -0.137. The van der Waals surface area contributed by atoms with Crippen LogP contribution < -0.4 is 0 Å². The van der Waals surface area contributed by atoms with Gasteiger partial charge in [0, 0.05) is 17.7 Å². The second-order valence-electron chi connectivity index (χ2n) is 1.72. The fourth-order valence-corrected chi connectivity index (χ4v) is 1.36. The maximum atomic E-state index is 10.2. The average molecular weight is 145 g/mol. The quantitative estimate of drug-likeness (QED) is 0.575. The molecule has 4 heteroatoms. The summed E-state index contributed by atoms with van der Waals surface area (Å²) in [6.07, 6.45) is 1.66. The minimum absolute atomic E-state index is 0.497. The highest BCUT2D eigenvalue weighted by atomic mass is 32.2. The van der Waals surface area contributed by atoms with Gasteiger partial charge in [-0.05, 0) is 0 Å². The summed E-state index contributed by atoms with van der Waals surface area (Å²) in [7, 11) is 0. The molecule has 0 saturated heterocycles. The van der Waals surface area contributed by atoms with Gasteiger partial charge in [0.2, 0.25) is 0 Å². The molecule has 0 amide bonds. The Bertz CT molecular complexity index is 146. The van der Waals surface area contributed by atoms with Crippen LogP contribution in [0.3, 0.4) is 0 Å². The molecule has 9 heavy (non-hydrogen) atoms. The summed E-state index contributed by atoms with van der Waals surface area (Å²) in [5.41, 5.74) is 0. The molecule has 1 heterocycles. The summed E-state index contributed by atoms with van der Waals surface area (Å²) < 4.78 is 0. The zero-order valence-electron chi connectivity index (χ0n) is 4.78. The Hall–Kier alpha value is -0.510. The first-order valence-corrected chi connectivity index (χ1v) is 3.78. The van der Waals surface area contributed by atoms with E-state index in [4.69, 9.17) is 5.11 Å². The second kappa shape index (κ2) is 2.87. The zero-order valence-corrected chi connectivity index (χ0v) is 5.60. The number of carboxylic acids is 1. The van der Waals surface area contributed by atoms with Crippen molar-refractivity contribution in [1.82, 2.24) is 0 Å². The number of carboxylic acid groups (broad SMARTS) is 1. The van der Waals surface area contributed by atoms with Gasteiger partial charge in [0.15, 0.2) is 6.04 Å². The molecule has 0 bridgehead atoms. The molecular formula is C5H7NO2S. The lowest BCUT2D eigenvalue weighted by Gasteiger charge is -2.09. The molecule has 1 atom stereocenters. The van der Waals surface area contributed by atoms with Gasteiger partial charge < -0.3 is 5.11 Å². The van der Waals surface area contributed by atoms with E-state index < -0.39 is 12.0 Å². The lowest BCUT2D eigenvalue weighted by Crippen LogP contribution is -2.23. The highest BCUT2D eigenvalue weighted by Gasteiger charge is 2.16. The Morgan fingerprint density at radius 1 is 1.89 bits per heavy atom. The Labute approximate surface area is 57.2 Å². The summed E-state index contributed by atoms with van der Waals surface area (Å²) >= 11 is 1.60. The monoisotopic (exact) mass is 145 g/mol. The molecule has 0 saturated carbocycles. The molecule has 1 unspecified atom stereocenters. The second-order valence-corrected chi connectivity index (χ2v) is 2.80. The first kappa shape index (κ1) is 6.61. The predicted molar refractivity (Wildman–Crippen MR) is 37.2 cm³/mol. The van der Waals surface area contributed by atoms with E-state index in [9.17, 15) is 4.79 Å². The minimum Gasteiger partial charge on any atom is -0.480 e. The van der Waals surface area contributed by atoms with E-state index >= 15 is 0 Å². The highest BCUT2D eigenvalue weighted by molar-refractivity contribution is 8.00. The van der Waals surface area contributed by atoms with Crippen molar-refractivity contribution in [3.8, 4) is 0 Å². The molecule has 0 aromatic rings. The van der Waals surface area contributed by atoms with Gasteiger partial charge in [-0.25, -0.2) is 4.79 Å². The normalized spacial score (nSPS) is 26.0. The first-order valence-electron chi connectivity index (χ1n) is 2.63. The van der Waals surface area contributed by atoms with Crippen LogP contribution in [0, 0.1) is 0 Å². The highest BCUT2D eigenvalue weighted by Crippen LogP contribution is 2.08. The number of hydrogen-bond donors (Lipinski definition) is 1. The smallest absolute Gasteiger partial charge is 0.329 e. The van der Waals surface area contributed by atoms with E-state index in [-0.39, 0.29) is 0 Å². The van der Waals surface area contributed by atoms with Gasteiger partial charge in [-0.15, -0.1) is 0 Å². The number of hydrogen-bond acceptors (Lipinski definition) is 3. The number of aliphatic imine (C=N–C) groups is 1. The Morgan fingerprint density at radius 2 is 2.67 bits per heavy atom. The van der Waals surface area contributed by atoms with Crippen molar-refractivity contribution < 1.29 is 9.90 Å². The van der Waals surface area contributed by atoms with Gasteiger partial charge in [0.25, 0.3) is 0 Å². The molecule has 0 aromatic heterocycles. The zero-order chi connectivity index (χ0) is 6.69. The van der Waals surface area contributed by atoms with Crippen LogP contribution >= 0.6 is 11.8 Å². The molecule has 3 nitrogen and oxygen atoms in total. The van der Waals surface area contributed by atoms with Gasteiger partial charge in [0.05, 0.1) is 0 Å².